The van der Waals surface area contributed by atoms with Crippen LogP contribution in [0.15, 0.2) is 0 Å². The molecule has 0 heterocycles. The largest absolute Gasteiger partial charge is 0.343 e. The van der Waals surface area contributed by atoms with Crippen LogP contribution >= 0.6 is 0 Å². The van der Waals surface area contributed by atoms with Crippen LogP contribution in [0.4, 0.5) is 0 Å². The van der Waals surface area contributed by atoms with E-state index in [1.165, 1.54) is 0 Å². The predicted molar refractivity (Wildman–Crippen MR) is 69.1 cm³/mol. The van der Waals surface area contributed by atoms with Crippen molar-refractivity contribution in [3.8, 4) is 0 Å². The lowest BCUT2D eigenvalue weighted by molar-refractivity contribution is -0.132. The van der Waals surface area contributed by atoms with E-state index in [0.29, 0.717) is 12.3 Å². The van der Waals surface area contributed by atoms with Crippen LogP contribution < -0.4 is 5.73 Å². The van der Waals surface area contributed by atoms with Gasteiger partial charge in [-0.25, -0.2) is 0 Å². The molecule has 0 aromatic carbocycles. The van der Waals surface area contributed by atoms with Gasteiger partial charge in [-0.2, -0.15) is 0 Å². The van der Waals surface area contributed by atoms with Gasteiger partial charge in [0.15, 0.2) is 0 Å². The zero-order chi connectivity index (χ0) is 12.9. The zero-order valence-corrected chi connectivity index (χ0v) is 11.7. The normalized spacial score (nSPS) is 14.0. The van der Waals surface area contributed by atoms with Crippen LogP contribution in [0.1, 0.15) is 48.0 Å². The van der Waals surface area contributed by atoms with Crippen molar-refractivity contribution in [1.82, 2.24) is 4.90 Å². The van der Waals surface area contributed by atoms with Crippen LogP contribution in [0.5, 0.6) is 0 Å². The predicted octanol–water partition coefficient (Wildman–Crippen LogP) is 2.25. The number of rotatable bonds is 5. The molecule has 0 radical (unpaired) electrons. The Kier molecular flexibility index (Phi) is 6.01. The summed E-state index contributed by atoms with van der Waals surface area (Å²) in [7, 11) is 0. The first-order chi connectivity index (χ1) is 7.18. The van der Waals surface area contributed by atoms with E-state index < -0.39 is 0 Å². The lowest BCUT2D eigenvalue weighted by Gasteiger charge is -2.30. The van der Waals surface area contributed by atoms with Crippen LogP contribution in [0.25, 0.3) is 0 Å². The van der Waals surface area contributed by atoms with Gasteiger partial charge in [0, 0.05) is 25.6 Å². The molecule has 0 saturated heterocycles. The highest BCUT2D eigenvalue weighted by Crippen LogP contribution is 2.20. The van der Waals surface area contributed by atoms with Gasteiger partial charge in [0.1, 0.15) is 0 Å². The molecule has 0 aliphatic carbocycles. The molecule has 0 fully saturated rings. The molecule has 0 aromatic rings. The van der Waals surface area contributed by atoms with Crippen LogP contribution in [0, 0.1) is 11.3 Å². The van der Waals surface area contributed by atoms with Crippen molar-refractivity contribution < 1.29 is 4.79 Å². The summed E-state index contributed by atoms with van der Waals surface area (Å²) in [5.41, 5.74) is 6.02. The first kappa shape index (κ1) is 15.4. The quantitative estimate of drug-likeness (QED) is 0.784. The molecule has 0 aliphatic heterocycles. The van der Waals surface area contributed by atoms with Crippen molar-refractivity contribution in [1.29, 1.82) is 0 Å². The summed E-state index contributed by atoms with van der Waals surface area (Å²) in [5, 5.41) is 0. The van der Waals surface area contributed by atoms with Gasteiger partial charge in [0.2, 0.25) is 5.91 Å². The fourth-order valence-corrected chi connectivity index (χ4v) is 1.47. The molecular weight excluding hydrogens is 200 g/mol. The molecule has 1 unspecified atom stereocenters. The van der Waals surface area contributed by atoms with Gasteiger partial charge < -0.3 is 10.6 Å². The number of nitrogens with two attached hydrogens (primary N) is 1. The summed E-state index contributed by atoms with van der Waals surface area (Å²) >= 11 is 0. The molecule has 0 bridgehead atoms. The fourth-order valence-electron chi connectivity index (χ4n) is 1.47. The van der Waals surface area contributed by atoms with Crippen molar-refractivity contribution in [2.24, 2.45) is 17.1 Å². The lowest BCUT2D eigenvalue weighted by Crippen LogP contribution is -2.42. The van der Waals surface area contributed by atoms with E-state index in [1.54, 1.807) is 0 Å². The molecule has 1 amide bonds. The summed E-state index contributed by atoms with van der Waals surface area (Å²) in [6.45, 7) is 14.1. The van der Waals surface area contributed by atoms with Gasteiger partial charge in [-0.05, 0) is 18.3 Å². The average Bonchev–Trinajstić information content (AvgIpc) is 2.11. The third-order valence-corrected chi connectivity index (χ3v) is 2.83. The molecule has 96 valence electrons. The Labute approximate surface area is 100 Å². The van der Waals surface area contributed by atoms with E-state index in [-0.39, 0.29) is 17.4 Å². The molecular formula is C13H28N2O. The Hall–Kier alpha value is -0.570. The number of carbonyl (C=O) groups is 1. The second kappa shape index (κ2) is 6.24. The van der Waals surface area contributed by atoms with E-state index in [1.807, 2.05) is 11.8 Å². The highest BCUT2D eigenvalue weighted by molar-refractivity contribution is 5.76. The van der Waals surface area contributed by atoms with Crippen molar-refractivity contribution in [2.75, 3.05) is 13.1 Å². The lowest BCUT2D eigenvalue weighted by atomic mass is 9.85. The minimum absolute atomic E-state index is 0.00704. The summed E-state index contributed by atoms with van der Waals surface area (Å²) in [4.78, 5) is 13.9. The van der Waals surface area contributed by atoms with Crippen molar-refractivity contribution >= 4 is 5.91 Å². The first-order valence-corrected chi connectivity index (χ1v) is 6.21. The zero-order valence-electron chi connectivity index (χ0n) is 11.7. The molecule has 3 heteroatoms. The summed E-state index contributed by atoms with van der Waals surface area (Å²) < 4.78 is 0. The molecule has 0 rings (SSSR count). The van der Waals surface area contributed by atoms with E-state index in [0.717, 1.165) is 13.1 Å². The Morgan fingerprint density at radius 3 is 2.12 bits per heavy atom. The second-order valence-electron chi connectivity index (χ2n) is 6.00. The van der Waals surface area contributed by atoms with Crippen LogP contribution in [0.3, 0.4) is 0 Å². The van der Waals surface area contributed by atoms with Gasteiger partial charge >= 0.3 is 0 Å². The van der Waals surface area contributed by atoms with E-state index in [4.69, 9.17) is 5.73 Å². The smallest absolute Gasteiger partial charge is 0.224 e. The standard InChI is InChI=1S/C13H28N2O/c1-7-15(9-10(2)3)12(16)8-11(14)13(4,5)6/h10-11H,7-9,14H2,1-6H3. The molecule has 3 nitrogen and oxygen atoms in total. The fraction of sp³-hybridized carbons (Fsp3) is 0.923. The Balaban J connectivity index is 4.32. The number of hydrogen-bond acceptors (Lipinski definition) is 2. The third kappa shape index (κ3) is 5.50. The van der Waals surface area contributed by atoms with Crippen molar-refractivity contribution in [2.45, 2.75) is 54.0 Å². The number of carbonyl (C=O) groups excluding carboxylic acids is 1. The van der Waals surface area contributed by atoms with Gasteiger partial charge in [0.25, 0.3) is 0 Å². The number of amides is 1. The van der Waals surface area contributed by atoms with Gasteiger partial charge in [-0.3, -0.25) is 4.79 Å². The monoisotopic (exact) mass is 228 g/mol. The van der Waals surface area contributed by atoms with Gasteiger partial charge in [-0.15, -0.1) is 0 Å². The summed E-state index contributed by atoms with van der Waals surface area (Å²) in [5.74, 6) is 0.688. The van der Waals surface area contributed by atoms with E-state index in [2.05, 4.69) is 34.6 Å². The summed E-state index contributed by atoms with van der Waals surface area (Å²) in [6.07, 6.45) is 0.448. The van der Waals surface area contributed by atoms with Crippen molar-refractivity contribution in [3.63, 3.8) is 0 Å². The Bertz CT molecular complexity index is 218. The molecule has 0 saturated carbocycles. The molecule has 1 atom stereocenters. The SMILES string of the molecule is CCN(CC(C)C)C(=O)CC(N)C(C)(C)C. The second-order valence-corrected chi connectivity index (χ2v) is 6.00. The first-order valence-electron chi connectivity index (χ1n) is 6.21. The molecule has 0 spiro atoms. The topological polar surface area (TPSA) is 46.3 Å². The van der Waals surface area contributed by atoms with Crippen LogP contribution in [-0.2, 0) is 4.79 Å². The van der Waals surface area contributed by atoms with Gasteiger partial charge in [-0.1, -0.05) is 34.6 Å². The minimum Gasteiger partial charge on any atom is -0.343 e. The maximum absolute atomic E-state index is 12.0. The van der Waals surface area contributed by atoms with Crippen LogP contribution in [-0.4, -0.2) is 29.9 Å². The molecule has 16 heavy (non-hydrogen) atoms. The maximum Gasteiger partial charge on any atom is 0.224 e. The maximum atomic E-state index is 12.0. The highest BCUT2D eigenvalue weighted by atomic mass is 16.2. The molecule has 0 aliphatic rings. The van der Waals surface area contributed by atoms with Crippen LogP contribution in [0.2, 0.25) is 0 Å². The Morgan fingerprint density at radius 2 is 1.81 bits per heavy atom. The van der Waals surface area contributed by atoms with Gasteiger partial charge in [0.05, 0.1) is 0 Å². The average molecular weight is 228 g/mol. The molecule has 0 aromatic heterocycles. The summed E-state index contributed by atoms with van der Waals surface area (Å²) in [6, 6.07) is -0.0683. The van der Waals surface area contributed by atoms with E-state index >= 15 is 0 Å². The minimum atomic E-state index is -0.0683. The highest BCUT2D eigenvalue weighted by Gasteiger charge is 2.25. The number of nitrogens with zero attached hydrogens (tertiary/aromatic N) is 1. The molecule has 2 N–H and O–H groups in total. The number of hydrogen-bond donors (Lipinski definition) is 1. The Morgan fingerprint density at radius 1 is 1.31 bits per heavy atom. The van der Waals surface area contributed by atoms with E-state index in [9.17, 15) is 4.79 Å². The third-order valence-electron chi connectivity index (χ3n) is 2.83. The van der Waals surface area contributed by atoms with Crippen molar-refractivity contribution in [3.05, 3.63) is 0 Å².